The Bertz CT molecular complexity index is 2390. The maximum Gasteiger partial charge on any atom is 0.0720 e. The van der Waals surface area contributed by atoms with Crippen LogP contribution in [-0.2, 0) is 10.8 Å². The van der Waals surface area contributed by atoms with E-state index >= 15 is 0 Å². The average Bonchev–Trinajstić information content (AvgIpc) is 3.51. The van der Waals surface area contributed by atoms with Gasteiger partial charge >= 0.3 is 0 Å². The molecule has 0 aliphatic heterocycles. The highest BCUT2D eigenvalue weighted by molar-refractivity contribution is 5.98. The summed E-state index contributed by atoms with van der Waals surface area (Å²) in [4.78, 5) is 2.42. The summed E-state index contributed by atoms with van der Waals surface area (Å²) < 4.78 is 0. The van der Waals surface area contributed by atoms with Gasteiger partial charge in [-0.25, -0.2) is 0 Å². The minimum Gasteiger partial charge on any atom is -0.310 e. The van der Waals surface area contributed by atoms with Crippen molar-refractivity contribution < 1.29 is 0 Å². The van der Waals surface area contributed by atoms with Crippen LogP contribution in [-0.4, -0.2) is 0 Å². The summed E-state index contributed by atoms with van der Waals surface area (Å²) >= 11 is 0. The molecule has 0 N–H and O–H groups in total. The topological polar surface area (TPSA) is 3.24 Å². The monoisotopic (exact) mass is 649 g/mol. The molecule has 1 nitrogen and oxygen atoms in total. The standard InChI is InChI=1S/C50H35N/c1-5-20-36(21-6-1)49(37-22-7-2-8-23-37)42-30-15-17-32-44(42)50(45-33-18-16-31-43(45)49)41-29-14-13-28-40(41)48-46(50)34-19-35-47(48)51(38-24-9-3-10-25-38)39-26-11-4-12-27-39/h1-35H. The minimum absolute atomic E-state index is 0.517. The lowest BCUT2D eigenvalue weighted by Crippen LogP contribution is -2.44. The number of hydrogen-bond donors (Lipinski definition) is 0. The lowest BCUT2D eigenvalue weighted by atomic mass is 9.51. The number of benzene rings is 8. The van der Waals surface area contributed by atoms with E-state index in [1.165, 1.54) is 61.3 Å². The summed E-state index contributed by atoms with van der Waals surface area (Å²) in [5.74, 6) is 0. The molecule has 10 rings (SSSR count). The molecule has 0 unspecified atom stereocenters. The second-order valence-corrected chi connectivity index (χ2v) is 13.6. The van der Waals surface area contributed by atoms with Crippen molar-refractivity contribution in [3.63, 3.8) is 0 Å². The second kappa shape index (κ2) is 11.6. The van der Waals surface area contributed by atoms with Gasteiger partial charge in [0.25, 0.3) is 0 Å². The van der Waals surface area contributed by atoms with Crippen LogP contribution in [0.2, 0.25) is 0 Å². The van der Waals surface area contributed by atoms with Gasteiger partial charge in [0.1, 0.15) is 0 Å². The molecular formula is C50H35N. The zero-order chi connectivity index (χ0) is 33.8. The van der Waals surface area contributed by atoms with E-state index in [-0.39, 0.29) is 0 Å². The van der Waals surface area contributed by atoms with E-state index in [1.54, 1.807) is 0 Å². The molecular weight excluding hydrogens is 615 g/mol. The van der Waals surface area contributed by atoms with Crippen molar-refractivity contribution in [2.75, 3.05) is 4.90 Å². The van der Waals surface area contributed by atoms with E-state index in [0.717, 1.165) is 11.4 Å². The molecule has 1 spiro atoms. The first-order valence-corrected chi connectivity index (χ1v) is 17.8. The van der Waals surface area contributed by atoms with Crippen LogP contribution in [0.4, 0.5) is 17.1 Å². The molecule has 240 valence electrons. The van der Waals surface area contributed by atoms with Crippen molar-refractivity contribution in [1.29, 1.82) is 0 Å². The Morgan fingerprint density at radius 3 is 1.14 bits per heavy atom. The Morgan fingerprint density at radius 1 is 0.275 bits per heavy atom. The smallest absolute Gasteiger partial charge is 0.0720 e. The third-order valence-electron chi connectivity index (χ3n) is 11.2. The molecule has 2 aliphatic rings. The van der Waals surface area contributed by atoms with Crippen molar-refractivity contribution in [3.05, 3.63) is 257 Å². The van der Waals surface area contributed by atoms with Gasteiger partial charge in [0, 0.05) is 16.9 Å². The molecule has 0 heterocycles. The first-order valence-electron chi connectivity index (χ1n) is 17.8. The van der Waals surface area contributed by atoms with E-state index in [1.807, 2.05) is 0 Å². The van der Waals surface area contributed by atoms with Gasteiger partial charge in [0.05, 0.1) is 16.5 Å². The quantitative estimate of drug-likeness (QED) is 0.179. The summed E-state index contributed by atoms with van der Waals surface area (Å²) in [5, 5.41) is 0. The van der Waals surface area contributed by atoms with Crippen LogP contribution in [0.3, 0.4) is 0 Å². The molecule has 8 aromatic carbocycles. The maximum absolute atomic E-state index is 2.42. The van der Waals surface area contributed by atoms with E-state index in [2.05, 4.69) is 217 Å². The fourth-order valence-corrected chi connectivity index (χ4v) is 9.39. The van der Waals surface area contributed by atoms with Gasteiger partial charge in [0.2, 0.25) is 0 Å². The van der Waals surface area contributed by atoms with Crippen molar-refractivity contribution >= 4 is 17.1 Å². The molecule has 51 heavy (non-hydrogen) atoms. The summed E-state index contributed by atoms with van der Waals surface area (Å²) in [6, 6.07) is 78.4. The molecule has 0 saturated carbocycles. The Labute approximate surface area is 299 Å². The van der Waals surface area contributed by atoms with E-state index in [4.69, 9.17) is 0 Å². The number of rotatable bonds is 5. The average molecular weight is 650 g/mol. The predicted octanol–water partition coefficient (Wildman–Crippen LogP) is 12.2. The van der Waals surface area contributed by atoms with Gasteiger partial charge in [-0.3, -0.25) is 0 Å². The second-order valence-electron chi connectivity index (χ2n) is 13.6. The molecule has 1 heteroatoms. The number of hydrogen-bond acceptors (Lipinski definition) is 1. The van der Waals surface area contributed by atoms with E-state index < -0.39 is 10.8 Å². The summed E-state index contributed by atoms with van der Waals surface area (Å²) in [7, 11) is 0. The van der Waals surface area contributed by atoms with Gasteiger partial charge in [-0.05, 0) is 80.4 Å². The molecule has 8 aromatic rings. The largest absolute Gasteiger partial charge is 0.310 e. The van der Waals surface area contributed by atoms with Gasteiger partial charge < -0.3 is 4.90 Å². The van der Waals surface area contributed by atoms with Gasteiger partial charge in [0.15, 0.2) is 0 Å². The number of nitrogens with zero attached hydrogens (tertiary/aromatic N) is 1. The van der Waals surface area contributed by atoms with Crippen molar-refractivity contribution in [2.45, 2.75) is 10.8 Å². The Hall–Kier alpha value is -6.44. The molecule has 0 saturated heterocycles. The van der Waals surface area contributed by atoms with E-state index in [0.29, 0.717) is 0 Å². The zero-order valence-corrected chi connectivity index (χ0v) is 28.2. The lowest BCUT2D eigenvalue weighted by Gasteiger charge is -2.50. The summed E-state index contributed by atoms with van der Waals surface area (Å²) in [5.41, 5.74) is 15.4. The predicted molar refractivity (Wildman–Crippen MR) is 210 cm³/mol. The number of para-hydroxylation sites is 2. The first-order chi connectivity index (χ1) is 25.3. The van der Waals surface area contributed by atoms with Crippen LogP contribution in [0.1, 0.15) is 44.5 Å². The Kier molecular flexibility index (Phi) is 6.69. The van der Waals surface area contributed by atoms with Gasteiger partial charge in [-0.15, -0.1) is 0 Å². The van der Waals surface area contributed by atoms with Crippen LogP contribution in [0.25, 0.3) is 11.1 Å². The first kappa shape index (κ1) is 29.5. The van der Waals surface area contributed by atoms with Gasteiger partial charge in [-0.2, -0.15) is 0 Å². The molecule has 0 amide bonds. The van der Waals surface area contributed by atoms with Gasteiger partial charge in [-0.1, -0.05) is 182 Å². The van der Waals surface area contributed by atoms with Crippen LogP contribution in [0.15, 0.2) is 212 Å². The SMILES string of the molecule is c1ccc(N(c2ccccc2)c2cccc3c2-c2ccccc2C32c3ccccc3C(c3ccccc3)(c3ccccc3)c3ccccc32)cc1. The molecule has 0 aromatic heterocycles. The number of fused-ring (bicyclic) bond motifs is 9. The van der Waals surface area contributed by atoms with Crippen molar-refractivity contribution in [3.8, 4) is 11.1 Å². The highest BCUT2D eigenvalue weighted by Gasteiger charge is 2.57. The fraction of sp³-hybridized carbons (Fsp3) is 0.0400. The zero-order valence-electron chi connectivity index (χ0n) is 28.2. The van der Waals surface area contributed by atoms with Crippen molar-refractivity contribution in [2.24, 2.45) is 0 Å². The Morgan fingerprint density at radius 2 is 0.647 bits per heavy atom. The molecule has 0 bridgehead atoms. The minimum atomic E-state index is -0.540. The van der Waals surface area contributed by atoms with Crippen molar-refractivity contribution in [1.82, 2.24) is 0 Å². The molecule has 0 radical (unpaired) electrons. The van der Waals surface area contributed by atoms with Crippen LogP contribution < -0.4 is 4.90 Å². The third kappa shape index (κ3) is 4.03. The van der Waals surface area contributed by atoms with Crippen LogP contribution >= 0.6 is 0 Å². The molecule has 2 aliphatic carbocycles. The van der Waals surface area contributed by atoms with E-state index in [9.17, 15) is 0 Å². The lowest BCUT2D eigenvalue weighted by molar-refractivity contribution is 0.623. The maximum atomic E-state index is 2.42. The van der Waals surface area contributed by atoms with Crippen LogP contribution in [0.5, 0.6) is 0 Å². The third-order valence-corrected chi connectivity index (χ3v) is 11.2. The summed E-state index contributed by atoms with van der Waals surface area (Å²) in [6.07, 6.45) is 0. The molecule has 0 atom stereocenters. The normalized spacial score (nSPS) is 14.2. The van der Waals surface area contributed by atoms with Crippen LogP contribution in [0, 0.1) is 0 Å². The number of anilines is 3. The molecule has 0 fully saturated rings. The Balaban J connectivity index is 1.36. The summed E-state index contributed by atoms with van der Waals surface area (Å²) in [6.45, 7) is 0. The fourth-order valence-electron chi connectivity index (χ4n) is 9.39. The highest BCUT2D eigenvalue weighted by Crippen LogP contribution is 2.65. The highest BCUT2D eigenvalue weighted by atomic mass is 15.1.